The minimum Gasteiger partial charge on any atom is -0.506 e. The summed E-state index contributed by atoms with van der Waals surface area (Å²) >= 11 is 5.83. The van der Waals surface area contributed by atoms with Crippen LogP contribution in [0.15, 0.2) is 12.1 Å². The van der Waals surface area contributed by atoms with Gasteiger partial charge in [-0.05, 0) is 18.5 Å². The summed E-state index contributed by atoms with van der Waals surface area (Å²) in [5.74, 6) is 0.774. The van der Waals surface area contributed by atoms with Crippen molar-refractivity contribution in [1.82, 2.24) is 0 Å². The first-order valence-corrected chi connectivity index (χ1v) is 4.74. The zero-order valence-electron chi connectivity index (χ0n) is 8.25. The van der Waals surface area contributed by atoms with Crippen molar-refractivity contribution >= 4 is 11.6 Å². The maximum absolute atomic E-state index is 9.68. The highest BCUT2D eigenvalue weighted by molar-refractivity contribution is 6.32. The number of ether oxygens (including phenoxy) is 1. The van der Waals surface area contributed by atoms with Gasteiger partial charge in [0.2, 0.25) is 0 Å². The average molecular weight is 216 g/mol. The Hall–Kier alpha value is -0.930. The number of nitrogens with two attached hydrogens (primary N) is 1. The molecule has 78 valence electrons. The topological polar surface area (TPSA) is 55.5 Å². The third kappa shape index (κ3) is 2.11. The average Bonchev–Trinajstić information content (AvgIpc) is 2.20. The minimum absolute atomic E-state index is 0.0580. The van der Waals surface area contributed by atoms with E-state index in [-0.39, 0.29) is 11.7 Å². The first-order valence-electron chi connectivity index (χ1n) is 4.36. The van der Waals surface area contributed by atoms with E-state index in [0.717, 1.165) is 5.56 Å². The molecule has 0 fully saturated rings. The van der Waals surface area contributed by atoms with Gasteiger partial charge in [0.25, 0.3) is 0 Å². The highest BCUT2D eigenvalue weighted by atomic mass is 35.5. The highest BCUT2D eigenvalue weighted by Crippen LogP contribution is 2.36. The second-order valence-corrected chi connectivity index (χ2v) is 3.59. The summed E-state index contributed by atoms with van der Waals surface area (Å²) in [4.78, 5) is 0. The molecule has 1 atom stereocenters. The molecule has 0 spiro atoms. The van der Waals surface area contributed by atoms with Gasteiger partial charge in [0.05, 0.1) is 12.1 Å². The molecule has 0 aliphatic rings. The van der Waals surface area contributed by atoms with Gasteiger partial charge < -0.3 is 15.6 Å². The smallest absolute Gasteiger partial charge is 0.137 e. The Balaban J connectivity index is 3.20. The van der Waals surface area contributed by atoms with Gasteiger partial charge in [0, 0.05) is 11.6 Å². The quantitative estimate of drug-likeness (QED) is 0.812. The van der Waals surface area contributed by atoms with Crippen LogP contribution in [0.1, 0.15) is 18.4 Å². The van der Waals surface area contributed by atoms with E-state index in [4.69, 9.17) is 22.1 Å². The summed E-state index contributed by atoms with van der Waals surface area (Å²) in [5, 5.41) is 9.97. The van der Waals surface area contributed by atoms with E-state index in [1.54, 1.807) is 19.2 Å². The predicted molar refractivity (Wildman–Crippen MR) is 57.1 cm³/mol. The predicted octanol–water partition coefficient (Wildman–Crippen LogP) is 2.12. The molecule has 1 rings (SSSR count). The molecule has 0 bridgehead atoms. The molecular weight excluding hydrogens is 202 g/mol. The lowest BCUT2D eigenvalue weighted by Gasteiger charge is -2.13. The number of phenolic OH excluding ortho intramolecular Hbond substituents is 1. The van der Waals surface area contributed by atoms with Gasteiger partial charge >= 0.3 is 0 Å². The normalized spacial score (nSPS) is 12.6. The van der Waals surface area contributed by atoms with Crippen LogP contribution in [0.4, 0.5) is 0 Å². The van der Waals surface area contributed by atoms with Gasteiger partial charge in [-0.3, -0.25) is 0 Å². The number of methoxy groups -OCH3 is 1. The lowest BCUT2D eigenvalue weighted by atomic mass is 10.00. The molecule has 4 heteroatoms. The SMILES string of the molecule is COc1cc(Cl)c(O)c(C(C)CN)c1. The highest BCUT2D eigenvalue weighted by Gasteiger charge is 2.13. The van der Waals surface area contributed by atoms with Crippen molar-refractivity contribution in [2.45, 2.75) is 12.8 Å². The van der Waals surface area contributed by atoms with Crippen LogP contribution >= 0.6 is 11.6 Å². The molecule has 1 unspecified atom stereocenters. The van der Waals surface area contributed by atoms with Crippen LogP contribution < -0.4 is 10.5 Å². The second-order valence-electron chi connectivity index (χ2n) is 3.18. The molecule has 0 heterocycles. The standard InChI is InChI=1S/C10H14ClNO2/c1-6(5-12)8-3-7(14-2)4-9(11)10(8)13/h3-4,6,13H,5,12H2,1-2H3. The van der Waals surface area contributed by atoms with Crippen LogP contribution in [-0.4, -0.2) is 18.8 Å². The number of rotatable bonds is 3. The first-order chi connectivity index (χ1) is 6.60. The summed E-state index contributed by atoms with van der Waals surface area (Å²) in [7, 11) is 1.56. The Morgan fingerprint density at radius 1 is 1.57 bits per heavy atom. The van der Waals surface area contributed by atoms with Crippen LogP contribution in [0.25, 0.3) is 0 Å². The molecule has 0 aliphatic carbocycles. The minimum atomic E-state index is 0.0580. The molecule has 0 saturated carbocycles. The van der Waals surface area contributed by atoms with E-state index in [0.29, 0.717) is 17.3 Å². The van der Waals surface area contributed by atoms with Crippen LogP contribution in [0, 0.1) is 0 Å². The second kappa shape index (κ2) is 4.53. The third-order valence-electron chi connectivity index (χ3n) is 2.19. The first kappa shape index (κ1) is 11.1. The van der Waals surface area contributed by atoms with Crippen LogP contribution in [0.2, 0.25) is 5.02 Å². The Bertz CT molecular complexity index is 328. The van der Waals surface area contributed by atoms with Gasteiger partial charge in [0.15, 0.2) is 0 Å². The molecule has 1 aromatic rings. The number of hydrogen-bond acceptors (Lipinski definition) is 3. The molecule has 0 saturated heterocycles. The van der Waals surface area contributed by atoms with Crippen molar-refractivity contribution in [3.8, 4) is 11.5 Å². The van der Waals surface area contributed by atoms with E-state index < -0.39 is 0 Å². The lowest BCUT2D eigenvalue weighted by molar-refractivity contribution is 0.410. The maximum atomic E-state index is 9.68. The van der Waals surface area contributed by atoms with Crippen molar-refractivity contribution in [3.63, 3.8) is 0 Å². The van der Waals surface area contributed by atoms with Gasteiger partial charge in [-0.2, -0.15) is 0 Å². The molecule has 0 aliphatic heterocycles. The van der Waals surface area contributed by atoms with Gasteiger partial charge in [-0.25, -0.2) is 0 Å². The molecule has 3 N–H and O–H groups in total. The molecule has 0 radical (unpaired) electrons. The lowest BCUT2D eigenvalue weighted by Crippen LogP contribution is -2.09. The summed E-state index contributed by atoms with van der Waals surface area (Å²) < 4.78 is 5.05. The van der Waals surface area contributed by atoms with Gasteiger partial charge in [-0.1, -0.05) is 18.5 Å². The number of halogens is 1. The van der Waals surface area contributed by atoms with E-state index in [9.17, 15) is 5.11 Å². The number of hydrogen-bond donors (Lipinski definition) is 2. The number of phenols is 1. The molecule has 0 aromatic heterocycles. The zero-order valence-corrected chi connectivity index (χ0v) is 9.01. The molecule has 3 nitrogen and oxygen atoms in total. The molecule has 1 aromatic carbocycles. The maximum Gasteiger partial charge on any atom is 0.137 e. The van der Waals surface area contributed by atoms with Crippen LogP contribution in [0.3, 0.4) is 0 Å². The monoisotopic (exact) mass is 215 g/mol. The van der Waals surface area contributed by atoms with Crippen molar-refractivity contribution in [1.29, 1.82) is 0 Å². The van der Waals surface area contributed by atoms with Crippen LogP contribution in [-0.2, 0) is 0 Å². The summed E-state index contributed by atoms with van der Waals surface area (Å²) in [6.45, 7) is 2.38. The van der Waals surface area contributed by atoms with E-state index >= 15 is 0 Å². The largest absolute Gasteiger partial charge is 0.506 e. The van der Waals surface area contributed by atoms with E-state index in [1.165, 1.54) is 0 Å². The summed E-state index contributed by atoms with van der Waals surface area (Å²) in [6.07, 6.45) is 0. The molecule has 14 heavy (non-hydrogen) atoms. The molecular formula is C10H14ClNO2. The Morgan fingerprint density at radius 3 is 2.71 bits per heavy atom. The van der Waals surface area contributed by atoms with Crippen molar-refractivity contribution in [2.75, 3.05) is 13.7 Å². The fourth-order valence-electron chi connectivity index (χ4n) is 1.21. The Morgan fingerprint density at radius 2 is 2.21 bits per heavy atom. The summed E-state index contributed by atoms with van der Waals surface area (Å²) in [6, 6.07) is 3.32. The van der Waals surface area contributed by atoms with Crippen molar-refractivity contribution in [3.05, 3.63) is 22.7 Å². The summed E-state index contributed by atoms with van der Waals surface area (Å²) in [5.41, 5.74) is 6.24. The fraction of sp³-hybridized carbons (Fsp3) is 0.400. The van der Waals surface area contributed by atoms with Gasteiger partial charge in [-0.15, -0.1) is 0 Å². The third-order valence-corrected chi connectivity index (χ3v) is 2.47. The molecule has 0 amide bonds. The van der Waals surface area contributed by atoms with Crippen molar-refractivity contribution in [2.24, 2.45) is 5.73 Å². The van der Waals surface area contributed by atoms with Crippen LogP contribution in [0.5, 0.6) is 11.5 Å². The Kier molecular flexibility index (Phi) is 3.61. The number of benzene rings is 1. The Labute approximate surface area is 88.4 Å². The zero-order chi connectivity index (χ0) is 10.7. The number of aromatic hydroxyl groups is 1. The van der Waals surface area contributed by atoms with Crippen molar-refractivity contribution < 1.29 is 9.84 Å². The van der Waals surface area contributed by atoms with Gasteiger partial charge in [0.1, 0.15) is 11.5 Å². The van der Waals surface area contributed by atoms with E-state index in [2.05, 4.69) is 0 Å². The fourth-order valence-corrected chi connectivity index (χ4v) is 1.43. The van der Waals surface area contributed by atoms with E-state index in [1.807, 2.05) is 6.92 Å².